The standard InChI is InChI=1S/C103H115N23O23/c1-54-102(147)126-35-15-26-83(126)100(145)123-81(46-86(132)110-51-87(133)114-79(44-84(104)130)97(142)119-77(41-61-48-108-70-24-13-10-21-67(61)70)96(141)121-78(43-63-50-106-53-112-63)90(135)111-52-88(134)125-89(55(2)127)101(146)113-54)99(144)120-76(40-60-47-107-69-23-12-9-20-66(60)69)95(140)117-72(36-56-16-5-3-6-17-56)91(136)115-73(37-57-18-7-4-8-19-57)93(138)122-80(45-85(105)131)98(143)118-74(38-58-27-31-64(128)32-28-58)92(137)116-75(39-59-29-33-65(129)34-30-59)94(139)124-82(103(148)149)42-62-49-109-71-25-14-11-22-68(62)71/h3-14,16-25,27-34,47-50,53-55,72-83,89,107-109,127-129H,15,26,35-46,51-52H2,1-2H3,(H2,104,130)(H2,105,131)(H,106,112)(H,110,132)(H,111,135)(H,113,146)(H,114,133)(H,115,136)(H,116,137)(H,117,140)(H,118,143)(H,119,142)(H,120,144)(H,121,141)(H,122,138)(H,123,145)(H,124,139)(H,125,134)(H,148,149)/t54-,55+,72-,73-,74-,75-,76-,77-,78+,79+,80-,81+,82+,83+,89+/m0/s1. The molecule has 18 amide bonds. The summed E-state index contributed by atoms with van der Waals surface area (Å²) in [5.41, 5.74) is 16.4. The number of phenols is 2. The predicted molar refractivity (Wildman–Crippen MR) is 535 cm³/mol. The van der Waals surface area contributed by atoms with Crippen molar-refractivity contribution in [3.8, 4) is 11.5 Å². The minimum Gasteiger partial charge on any atom is -0.508 e. The van der Waals surface area contributed by atoms with E-state index in [9.17, 15) is 78.0 Å². The number of rotatable bonds is 36. The van der Waals surface area contributed by atoms with Crippen LogP contribution in [0.25, 0.3) is 32.7 Å². The van der Waals surface area contributed by atoms with E-state index < -0.39 is 255 Å². The van der Waals surface area contributed by atoms with Gasteiger partial charge in [0, 0.05) is 121 Å². The van der Waals surface area contributed by atoms with Gasteiger partial charge in [0.2, 0.25) is 106 Å². The minimum absolute atomic E-state index is 0.115. The van der Waals surface area contributed by atoms with Crippen LogP contribution in [0.3, 0.4) is 0 Å². The molecule has 27 N–H and O–H groups in total. The van der Waals surface area contributed by atoms with Crippen molar-refractivity contribution in [1.82, 2.24) is 110 Å². The van der Waals surface area contributed by atoms with E-state index in [-0.39, 0.29) is 63.0 Å². The second-order valence-corrected chi connectivity index (χ2v) is 36.4. The van der Waals surface area contributed by atoms with Gasteiger partial charge >= 0.3 is 5.97 Å². The smallest absolute Gasteiger partial charge is 0.326 e. The number of hydrogen-bond acceptors (Lipinski definition) is 23. The molecular formula is C103H115N23O23. The Kier molecular flexibility index (Phi) is 36.9. The third-order valence-corrected chi connectivity index (χ3v) is 25.3. The van der Waals surface area contributed by atoms with Gasteiger partial charge < -0.3 is 136 Å². The normalized spacial score (nSPS) is 19.1. The maximum absolute atomic E-state index is 15.9. The number of aromatic hydroxyl groups is 2. The predicted octanol–water partition coefficient (Wildman–Crippen LogP) is -2.33. The number of phenolic OH excluding ortho intramolecular Hbond substituents is 2. The number of hydrogen-bond donors (Lipinski definition) is 25. The molecule has 0 saturated carbocycles. The Hall–Kier alpha value is -18.1. The van der Waals surface area contributed by atoms with Crippen LogP contribution in [0.1, 0.15) is 90.6 Å². The summed E-state index contributed by atoms with van der Waals surface area (Å²) in [6.45, 7) is 0.273. The Morgan fingerprint density at radius 2 is 0.846 bits per heavy atom. The van der Waals surface area contributed by atoms with Crippen LogP contribution in [0, 0.1) is 0 Å². The Morgan fingerprint density at radius 3 is 1.32 bits per heavy atom. The molecule has 7 aromatic carbocycles. The number of imidazole rings is 1. The minimum atomic E-state index is -2.11. The van der Waals surface area contributed by atoms with Crippen molar-refractivity contribution in [3.05, 3.63) is 258 Å². The van der Waals surface area contributed by atoms with Crippen LogP contribution in [0.4, 0.5) is 0 Å². The van der Waals surface area contributed by atoms with Crippen molar-refractivity contribution in [2.75, 3.05) is 19.6 Å². The highest BCUT2D eigenvalue weighted by atomic mass is 16.4. The van der Waals surface area contributed by atoms with E-state index in [1.807, 2.05) is 0 Å². The lowest BCUT2D eigenvalue weighted by atomic mass is 10.00. The van der Waals surface area contributed by atoms with Gasteiger partial charge in [0.15, 0.2) is 0 Å². The Bertz CT molecular complexity index is 6740. The zero-order chi connectivity index (χ0) is 107. The van der Waals surface area contributed by atoms with Crippen LogP contribution in [-0.4, -0.2) is 273 Å². The lowest BCUT2D eigenvalue weighted by Gasteiger charge is -2.30. The number of carbonyl (C=O) groups excluding carboxylic acids is 18. The Labute approximate surface area is 850 Å². The van der Waals surface area contributed by atoms with Gasteiger partial charge in [-0.25, -0.2) is 9.78 Å². The molecule has 780 valence electrons. The summed E-state index contributed by atoms with van der Waals surface area (Å²) in [5, 5.41) is 81.7. The molecule has 0 radical (unpaired) electrons. The van der Waals surface area contributed by atoms with Gasteiger partial charge in [-0.15, -0.1) is 0 Å². The van der Waals surface area contributed by atoms with E-state index in [4.69, 9.17) is 11.5 Å². The fourth-order valence-electron chi connectivity index (χ4n) is 17.5. The number of aromatic nitrogens is 5. The summed E-state index contributed by atoms with van der Waals surface area (Å²) < 4.78 is 0. The first kappa shape index (κ1) is 108. The summed E-state index contributed by atoms with van der Waals surface area (Å²) in [4.78, 5) is 294. The van der Waals surface area contributed by atoms with Crippen molar-refractivity contribution in [3.63, 3.8) is 0 Å². The summed E-state index contributed by atoms with van der Waals surface area (Å²) in [5.74, 6) is -21.9. The lowest BCUT2D eigenvalue weighted by molar-refractivity contribution is -0.143. The van der Waals surface area contributed by atoms with Crippen LogP contribution in [0.5, 0.6) is 11.5 Å². The molecule has 2 aliphatic heterocycles. The molecular weight excluding hydrogens is 1930 g/mol. The second-order valence-electron chi connectivity index (χ2n) is 36.4. The first-order valence-corrected chi connectivity index (χ1v) is 47.9. The average Bonchev–Trinajstić information content (AvgIpc) is 1.73. The van der Waals surface area contributed by atoms with E-state index in [2.05, 4.69) is 105 Å². The van der Waals surface area contributed by atoms with Crippen molar-refractivity contribution in [1.29, 1.82) is 0 Å². The molecule has 2 aliphatic rings. The lowest BCUT2D eigenvalue weighted by Crippen LogP contribution is -2.62. The Balaban J connectivity index is 0.784. The van der Waals surface area contributed by atoms with Crippen LogP contribution in [0.15, 0.2) is 213 Å². The first-order valence-electron chi connectivity index (χ1n) is 47.9. The van der Waals surface area contributed by atoms with Crippen molar-refractivity contribution in [2.45, 2.75) is 188 Å². The summed E-state index contributed by atoms with van der Waals surface area (Å²) in [6, 6.07) is 23.2. The molecule has 13 rings (SSSR count). The number of nitrogens with zero attached hydrogens (tertiary/aromatic N) is 2. The molecule has 2 fully saturated rings. The number of aromatic amines is 4. The largest absolute Gasteiger partial charge is 0.508 e. The number of benzene rings is 7. The van der Waals surface area contributed by atoms with Crippen LogP contribution in [0.2, 0.25) is 0 Å². The maximum atomic E-state index is 15.9. The number of fused-ring (bicyclic) bond motifs is 4. The summed E-state index contributed by atoms with van der Waals surface area (Å²) in [7, 11) is 0. The van der Waals surface area contributed by atoms with E-state index in [0.717, 1.165) is 11.8 Å². The monoisotopic (exact) mass is 2040 g/mol. The number of primary amides is 2. The number of carbonyl (C=O) groups is 19. The quantitative estimate of drug-likeness (QED) is 0.0196. The zero-order valence-electron chi connectivity index (χ0n) is 80.8. The number of amides is 18. The number of aliphatic hydroxyl groups excluding tert-OH is 1. The molecule has 15 atom stereocenters. The fourth-order valence-corrected chi connectivity index (χ4v) is 17.5. The third-order valence-electron chi connectivity index (χ3n) is 25.3. The number of H-pyrrole nitrogens is 4. The third kappa shape index (κ3) is 30.3. The van der Waals surface area contributed by atoms with Gasteiger partial charge in [0.25, 0.3) is 0 Å². The molecule has 11 aromatic rings. The number of nitrogens with one attached hydrogen (secondary N) is 19. The molecule has 0 bridgehead atoms. The van der Waals surface area contributed by atoms with Crippen molar-refractivity contribution in [2.24, 2.45) is 11.5 Å². The number of carboxylic acids is 1. The van der Waals surface area contributed by atoms with Crippen molar-refractivity contribution < 1.29 is 112 Å². The number of para-hydroxylation sites is 3. The summed E-state index contributed by atoms with van der Waals surface area (Å²) >= 11 is 0. The maximum Gasteiger partial charge on any atom is 0.326 e. The van der Waals surface area contributed by atoms with Crippen LogP contribution < -0.4 is 91.2 Å². The van der Waals surface area contributed by atoms with Crippen LogP contribution in [-0.2, 0) is 142 Å². The molecule has 46 nitrogen and oxygen atoms in total. The molecule has 0 spiro atoms. The van der Waals surface area contributed by atoms with Gasteiger partial charge in [-0.1, -0.05) is 140 Å². The van der Waals surface area contributed by atoms with E-state index in [1.165, 1.54) is 74.2 Å². The summed E-state index contributed by atoms with van der Waals surface area (Å²) in [6.07, 6.45) is -0.277. The van der Waals surface area contributed by atoms with E-state index >= 15 is 33.6 Å². The van der Waals surface area contributed by atoms with E-state index in [1.54, 1.807) is 146 Å². The molecule has 6 heterocycles. The number of nitrogens with two attached hydrogens (primary N) is 2. The van der Waals surface area contributed by atoms with Crippen molar-refractivity contribution >= 4 is 145 Å². The van der Waals surface area contributed by atoms with Gasteiger partial charge in [0.05, 0.1) is 44.8 Å². The molecule has 0 unspecified atom stereocenters. The number of carboxylic acid groups (broad SMARTS) is 1. The van der Waals surface area contributed by atoms with Gasteiger partial charge in [-0.05, 0) is 108 Å². The molecule has 4 aromatic heterocycles. The molecule has 46 heteroatoms. The first-order chi connectivity index (χ1) is 71.4. The highest BCUT2D eigenvalue weighted by molar-refractivity contribution is 6.04. The molecule has 0 aliphatic carbocycles. The SMILES string of the molecule is C[C@@H]1NC(=O)[C@@H]([C@@H](C)O)NC(=O)CNC(=O)[C@@H](Cc2cnc[nH]2)NC(=O)[C@H](Cc2c[nH]c3ccccc23)NC(=O)[C@@H](CC(N)=O)NC(=O)CNC(=O)C[C@H](C(=O)N[C@@H](Cc2c[nH]c3ccccc23)C(=O)N[C@@H](Cc2ccccc2)C(=O)N[C@@H](Cc2ccccc2)C(=O)N[C@@H](CC(N)=O)C(=O)N[C@@H](Cc2ccc(O)cc2)C(=O)N[C@@H](Cc2ccc(O)cc2)C(=O)N[C@H](Cc2c[nH]c3ccccc23)C(=O)O)NC(=O)[C@H]2CCCN2C1=O. The van der Waals surface area contributed by atoms with Gasteiger partial charge in [-0.3, -0.25) is 86.3 Å². The second kappa shape index (κ2) is 50.9. The topological polar surface area (TPSA) is 717 Å². The van der Waals surface area contributed by atoms with Gasteiger partial charge in [0.1, 0.15) is 96.1 Å². The fraction of sp³-hybridized carbons (Fsp3) is 0.320. The zero-order valence-corrected chi connectivity index (χ0v) is 80.8. The average molecular weight is 2040 g/mol. The number of aliphatic hydroxyl groups is 1. The van der Waals surface area contributed by atoms with Crippen LogP contribution >= 0.6 is 0 Å². The Morgan fingerprint density at radius 1 is 0.423 bits per heavy atom. The van der Waals surface area contributed by atoms with Gasteiger partial charge in [-0.2, -0.15) is 0 Å². The number of aliphatic carboxylic acids is 1. The van der Waals surface area contributed by atoms with E-state index in [0.29, 0.717) is 77.3 Å². The highest BCUT2D eigenvalue weighted by Crippen LogP contribution is 2.27. The highest BCUT2D eigenvalue weighted by Gasteiger charge is 2.43. The molecule has 149 heavy (non-hydrogen) atoms. The molecule has 2 saturated heterocycles.